The van der Waals surface area contributed by atoms with Crippen LogP contribution in [0.25, 0.3) is 0 Å². The van der Waals surface area contributed by atoms with E-state index in [0.717, 1.165) is 31.2 Å². The van der Waals surface area contributed by atoms with Crippen molar-refractivity contribution in [2.75, 3.05) is 11.9 Å². The quantitative estimate of drug-likeness (QED) is 0.785. The van der Waals surface area contributed by atoms with Gasteiger partial charge in [0.05, 0.1) is 11.0 Å². The molecule has 5 heteroatoms. The number of carboxylic acid groups (broad SMARTS) is 1. The van der Waals surface area contributed by atoms with E-state index in [2.05, 4.69) is 5.32 Å². The summed E-state index contributed by atoms with van der Waals surface area (Å²) in [4.78, 5) is 23.5. The lowest BCUT2D eigenvalue weighted by Crippen LogP contribution is -2.40. The fraction of sp³-hybridized carbons (Fsp3) is 0.467. The van der Waals surface area contributed by atoms with Crippen molar-refractivity contribution in [2.24, 2.45) is 11.1 Å². The highest BCUT2D eigenvalue weighted by molar-refractivity contribution is 5.98. The van der Waals surface area contributed by atoms with E-state index in [0.29, 0.717) is 12.2 Å². The lowest BCUT2D eigenvalue weighted by atomic mass is 9.85. The van der Waals surface area contributed by atoms with Gasteiger partial charge in [-0.05, 0) is 37.5 Å². The summed E-state index contributed by atoms with van der Waals surface area (Å²) in [6.45, 7) is 2.17. The van der Waals surface area contributed by atoms with Crippen molar-refractivity contribution in [1.29, 1.82) is 0 Å². The lowest BCUT2D eigenvalue weighted by Gasteiger charge is -2.26. The molecule has 0 atom stereocenters. The van der Waals surface area contributed by atoms with Gasteiger partial charge in [0.25, 0.3) is 0 Å². The van der Waals surface area contributed by atoms with Crippen molar-refractivity contribution in [3.05, 3.63) is 29.3 Å². The van der Waals surface area contributed by atoms with Gasteiger partial charge >= 0.3 is 5.97 Å². The SMILES string of the molecule is Cc1ccc(C(=O)O)cc1NC(=O)C1(CN)CCCC1. The maximum Gasteiger partial charge on any atom is 0.335 e. The highest BCUT2D eigenvalue weighted by atomic mass is 16.4. The van der Waals surface area contributed by atoms with Crippen LogP contribution in [0.15, 0.2) is 18.2 Å². The van der Waals surface area contributed by atoms with Crippen LogP contribution < -0.4 is 11.1 Å². The highest BCUT2D eigenvalue weighted by Crippen LogP contribution is 2.38. The predicted molar refractivity (Wildman–Crippen MR) is 76.7 cm³/mol. The third-order valence-corrected chi connectivity index (χ3v) is 4.17. The first-order chi connectivity index (χ1) is 9.48. The van der Waals surface area contributed by atoms with Crippen LogP contribution in [-0.4, -0.2) is 23.5 Å². The first kappa shape index (κ1) is 14.5. The first-order valence-electron chi connectivity index (χ1n) is 6.84. The van der Waals surface area contributed by atoms with Crippen LogP contribution in [0.1, 0.15) is 41.6 Å². The number of rotatable bonds is 4. The summed E-state index contributed by atoms with van der Waals surface area (Å²) in [5.74, 6) is -1.10. The fourth-order valence-corrected chi connectivity index (χ4v) is 2.72. The summed E-state index contributed by atoms with van der Waals surface area (Å²) < 4.78 is 0. The standard InChI is InChI=1S/C15H20N2O3/c1-10-4-5-11(13(18)19)8-12(10)17-14(20)15(9-16)6-2-3-7-15/h4-5,8H,2-3,6-7,9,16H2,1H3,(H,17,20)(H,18,19). The van der Waals surface area contributed by atoms with Gasteiger partial charge in [0, 0.05) is 12.2 Å². The van der Waals surface area contributed by atoms with Crippen LogP contribution in [-0.2, 0) is 4.79 Å². The van der Waals surface area contributed by atoms with Gasteiger partial charge in [0.1, 0.15) is 0 Å². The molecule has 1 aliphatic rings. The van der Waals surface area contributed by atoms with Gasteiger partial charge in [-0.2, -0.15) is 0 Å². The molecule has 1 aliphatic carbocycles. The predicted octanol–water partition coefficient (Wildman–Crippen LogP) is 2.15. The maximum atomic E-state index is 12.5. The Bertz CT molecular complexity index is 534. The van der Waals surface area contributed by atoms with E-state index in [1.807, 2.05) is 6.92 Å². The van der Waals surface area contributed by atoms with Crippen LogP contribution >= 0.6 is 0 Å². The van der Waals surface area contributed by atoms with E-state index in [4.69, 9.17) is 10.8 Å². The number of carboxylic acids is 1. The third-order valence-electron chi connectivity index (χ3n) is 4.17. The Kier molecular flexibility index (Phi) is 4.09. The molecule has 2 rings (SSSR count). The number of carbonyl (C=O) groups is 2. The molecule has 1 saturated carbocycles. The van der Waals surface area contributed by atoms with Crippen molar-refractivity contribution in [1.82, 2.24) is 0 Å². The molecule has 1 aromatic rings. The van der Waals surface area contributed by atoms with Crippen molar-refractivity contribution in [3.63, 3.8) is 0 Å². The van der Waals surface area contributed by atoms with Gasteiger partial charge in [0.15, 0.2) is 0 Å². The second kappa shape index (κ2) is 5.63. The van der Waals surface area contributed by atoms with Crippen LogP contribution in [0.2, 0.25) is 0 Å². The number of hydrogen-bond donors (Lipinski definition) is 3. The number of aromatic carboxylic acids is 1. The first-order valence-corrected chi connectivity index (χ1v) is 6.84. The number of carbonyl (C=O) groups excluding carboxylic acids is 1. The lowest BCUT2D eigenvalue weighted by molar-refractivity contribution is -0.124. The Balaban J connectivity index is 2.23. The molecular formula is C15H20N2O3. The molecule has 0 heterocycles. The number of aryl methyl sites for hydroxylation is 1. The van der Waals surface area contributed by atoms with Crippen molar-refractivity contribution < 1.29 is 14.7 Å². The van der Waals surface area contributed by atoms with Gasteiger partial charge in [-0.15, -0.1) is 0 Å². The minimum atomic E-state index is -1.00. The molecule has 0 saturated heterocycles. The Hall–Kier alpha value is -1.88. The summed E-state index contributed by atoms with van der Waals surface area (Å²) in [5, 5.41) is 11.9. The Labute approximate surface area is 118 Å². The summed E-state index contributed by atoms with van der Waals surface area (Å²) >= 11 is 0. The van der Waals surface area contributed by atoms with Gasteiger partial charge < -0.3 is 16.2 Å². The molecule has 20 heavy (non-hydrogen) atoms. The van der Waals surface area contributed by atoms with E-state index in [1.165, 1.54) is 12.1 Å². The third kappa shape index (κ3) is 2.67. The average Bonchev–Trinajstić information content (AvgIpc) is 2.91. The molecule has 0 aromatic heterocycles. The number of hydrogen-bond acceptors (Lipinski definition) is 3. The zero-order valence-electron chi connectivity index (χ0n) is 11.6. The van der Waals surface area contributed by atoms with Crippen molar-refractivity contribution in [3.8, 4) is 0 Å². The molecule has 0 radical (unpaired) electrons. The molecule has 0 aliphatic heterocycles. The number of anilines is 1. The number of nitrogens with two attached hydrogens (primary N) is 1. The highest BCUT2D eigenvalue weighted by Gasteiger charge is 2.39. The summed E-state index contributed by atoms with van der Waals surface area (Å²) in [5.41, 5.74) is 6.85. The Morgan fingerprint density at radius 3 is 2.55 bits per heavy atom. The monoisotopic (exact) mass is 276 g/mol. The number of nitrogens with one attached hydrogen (secondary N) is 1. The summed E-state index contributed by atoms with van der Waals surface area (Å²) in [6, 6.07) is 4.72. The van der Waals surface area contributed by atoms with E-state index in [-0.39, 0.29) is 11.5 Å². The van der Waals surface area contributed by atoms with Gasteiger partial charge in [-0.25, -0.2) is 4.79 Å². The van der Waals surface area contributed by atoms with Gasteiger partial charge in [-0.1, -0.05) is 18.9 Å². The van der Waals surface area contributed by atoms with Crippen molar-refractivity contribution in [2.45, 2.75) is 32.6 Å². The van der Waals surface area contributed by atoms with E-state index in [1.54, 1.807) is 6.07 Å². The molecule has 1 aromatic carbocycles. The smallest absolute Gasteiger partial charge is 0.335 e. The van der Waals surface area contributed by atoms with E-state index in [9.17, 15) is 9.59 Å². The molecule has 4 N–H and O–H groups in total. The number of benzene rings is 1. The largest absolute Gasteiger partial charge is 0.478 e. The average molecular weight is 276 g/mol. The van der Waals surface area contributed by atoms with E-state index >= 15 is 0 Å². The maximum absolute atomic E-state index is 12.5. The topological polar surface area (TPSA) is 92.4 Å². The molecule has 0 bridgehead atoms. The molecule has 1 amide bonds. The Morgan fingerprint density at radius 2 is 2.00 bits per heavy atom. The van der Waals surface area contributed by atoms with Crippen LogP contribution in [0.3, 0.4) is 0 Å². The zero-order valence-corrected chi connectivity index (χ0v) is 11.6. The van der Waals surface area contributed by atoms with Crippen LogP contribution in [0, 0.1) is 12.3 Å². The Morgan fingerprint density at radius 1 is 1.35 bits per heavy atom. The van der Waals surface area contributed by atoms with Gasteiger partial charge in [0.2, 0.25) is 5.91 Å². The second-order valence-corrected chi connectivity index (χ2v) is 5.48. The molecule has 1 fully saturated rings. The molecule has 0 unspecified atom stereocenters. The normalized spacial score (nSPS) is 16.9. The fourth-order valence-electron chi connectivity index (χ4n) is 2.72. The molecule has 0 spiro atoms. The zero-order chi connectivity index (χ0) is 14.8. The van der Waals surface area contributed by atoms with Crippen molar-refractivity contribution >= 4 is 17.6 Å². The van der Waals surface area contributed by atoms with E-state index < -0.39 is 11.4 Å². The minimum Gasteiger partial charge on any atom is -0.478 e. The molecular weight excluding hydrogens is 256 g/mol. The minimum absolute atomic E-state index is 0.0943. The molecule has 108 valence electrons. The number of amides is 1. The van der Waals surface area contributed by atoms with Crippen LogP contribution in [0.4, 0.5) is 5.69 Å². The van der Waals surface area contributed by atoms with Crippen LogP contribution in [0.5, 0.6) is 0 Å². The summed E-state index contributed by atoms with van der Waals surface area (Å²) in [7, 11) is 0. The van der Waals surface area contributed by atoms with Gasteiger partial charge in [-0.3, -0.25) is 4.79 Å². The summed E-state index contributed by atoms with van der Waals surface area (Å²) in [6.07, 6.45) is 3.62. The molecule has 5 nitrogen and oxygen atoms in total. The second-order valence-electron chi connectivity index (χ2n) is 5.48.